The normalized spacial score (nSPS) is 14.1. The van der Waals surface area contributed by atoms with Gasteiger partial charge < -0.3 is 9.80 Å². The second-order valence-electron chi connectivity index (χ2n) is 7.38. The molecule has 1 fully saturated rings. The van der Waals surface area contributed by atoms with Gasteiger partial charge in [0.25, 0.3) is 5.91 Å². The molecule has 0 atom stereocenters. The quantitative estimate of drug-likeness (QED) is 0.562. The van der Waals surface area contributed by atoms with Crippen molar-refractivity contribution in [3.05, 3.63) is 75.6 Å². The summed E-state index contributed by atoms with van der Waals surface area (Å²) in [6, 6.07) is 13.8. The van der Waals surface area contributed by atoms with Crippen LogP contribution in [0.15, 0.2) is 53.0 Å². The van der Waals surface area contributed by atoms with Gasteiger partial charge in [0.1, 0.15) is 11.6 Å². The number of benzene rings is 2. The summed E-state index contributed by atoms with van der Waals surface area (Å²) in [7, 11) is 0. The fraction of sp³-hybridized carbons (Fsp3) is 0.261. The summed E-state index contributed by atoms with van der Waals surface area (Å²) < 4.78 is 14.6. The molecule has 0 N–H and O–H groups in total. The first-order valence-corrected chi connectivity index (χ1v) is 10.6. The highest BCUT2D eigenvalue weighted by Gasteiger charge is 2.25. The number of aryl methyl sites for hydroxylation is 1. The predicted molar refractivity (Wildman–Crippen MR) is 119 cm³/mol. The van der Waals surface area contributed by atoms with Crippen molar-refractivity contribution in [1.29, 1.82) is 0 Å². The Labute approximate surface area is 183 Å². The summed E-state index contributed by atoms with van der Waals surface area (Å²) in [6.45, 7) is 6.54. The van der Waals surface area contributed by atoms with Crippen molar-refractivity contribution in [3.8, 4) is 11.4 Å². The van der Waals surface area contributed by atoms with Gasteiger partial charge in [-0.25, -0.2) is 14.4 Å². The number of amides is 1. The smallest absolute Gasteiger partial charge is 0.253 e. The van der Waals surface area contributed by atoms with Gasteiger partial charge in [0.05, 0.1) is 0 Å². The van der Waals surface area contributed by atoms with Crippen LogP contribution in [0.1, 0.15) is 21.6 Å². The van der Waals surface area contributed by atoms with Crippen LogP contribution in [0.3, 0.4) is 0 Å². The summed E-state index contributed by atoms with van der Waals surface area (Å²) >= 11 is 3.40. The van der Waals surface area contributed by atoms with E-state index in [9.17, 15) is 9.18 Å². The van der Waals surface area contributed by atoms with Gasteiger partial charge in [0.2, 0.25) is 0 Å². The SMILES string of the molecule is Cc1nc(-c2cccc(F)c2)nc(N2CCN(C(=O)c3ccc(Br)cc3)CC2)c1C. The molecule has 154 valence electrons. The summed E-state index contributed by atoms with van der Waals surface area (Å²) in [5, 5.41) is 0. The van der Waals surface area contributed by atoms with E-state index in [4.69, 9.17) is 4.98 Å². The number of nitrogens with zero attached hydrogens (tertiary/aromatic N) is 4. The van der Waals surface area contributed by atoms with Crippen molar-refractivity contribution in [3.63, 3.8) is 0 Å². The number of anilines is 1. The van der Waals surface area contributed by atoms with E-state index in [-0.39, 0.29) is 11.7 Å². The molecule has 1 aliphatic heterocycles. The summed E-state index contributed by atoms with van der Waals surface area (Å²) in [5.74, 6) is 1.09. The van der Waals surface area contributed by atoms with Crippen LogP contribution < -0.4 is 4.90 Å². The number of aromatic nitrogens is 2. The Morgan fingerprint density at radius 3 is 2.37 bits per heavy atom. The maximum atomic E-state index is 13.7. The van der Waals surface area contributed by atoms with Crippen molar-refractivity contribution in [1.82, 2.24) is 14.9 Å². The molecule has 0 unspecified atom stereocenters. The molecule has 1 amide bonds. The number of rotatable bonds is 3. The molecule has 1 aromatic heterocycles. The zero-order valence-electron chi connectivity index (χ0n) is 16.9. The number of piperazine rings is 1. The minimum atomic E-state index is -0.309. The van der Waals surface area contributed by atoms with E-state index in [0.717, 1.165) is 21.5 Å². The van der Waals surface area contributed by atoms with Gasteiger partial charge in [-0.3, -0.25) is 4.79 Å². The number of halogens is 2. The lowest BCUT2D eigenvalue weighted by atomic mass is 10.1. The van der Waals surface area contributed by atoms with Crippen LogP contribution in [0.25, 0.3) is 11.4 Å². The lowest BCUT2D eigenvalue weighted by Crippen LogP contribution is -2.49. The zero-order chi connectivity index (χ0) is 21.3. The number of hydrogen-bond donors (Lipinski definition) is 0. The molecule has 1 saturated heterocycles. The van der Waals surface area contributed by atoms with Gasteiger partial charge in [-0.1, -0.05) is 28.1 Å². The first-order chi connectivity index (χ1) is 14.4. The Balaban J connectivity index is 1.53. The van der Waals surface area contributed by atoms with E-state index in [1.165, 1.54) is 12.1 Å². The lowest BCUT2D eigenvalue weighted by Gasteiger charge is -2.36. The highest BCUT2D eigenvalue weighted by molar-refractivity contribution is 9.10. The molecule has 7 heteroatoms. The Bertz CT molecular complexity index is 1080. The fourth-order valence-corrected chi connectivity index (χ4v) is 3.84. The van der Waals surface area contributed by atoms with Crippen LogP contribution in [-0.4, -0.2) is 47.0 Å². The monoisotopic (exact) mass is 468 g/mol. The van der Waals surface area contributed by atoms with Gasteiger partial charge in [-0.15, -0.1) is 0 Å². The Morgan fingerprint density at radius 1 is 1.00 bits per heavy atom. The van der Waals surface area contributed by atoms with Crippen LogP contribution in [0.4, 0.5) is 10.2 Å². The molecule has 3 aromatic rings. The van der Waals surface area contributed by atoms with Gasteiger partial charge >= 0.3 is 0 Å². The molecule has 5 nitrogen and oxygen atoms in total. The van der Waals surface area contributed by atoms with E-state index in [1.54, 1.807) is 6.07 Å². The first-order valence-electron chi connectivity index (χ1n) is 9.83. The van der Waals surface area contributed by atoms with Gasteiger partial charge in [0, 0.05) is 53.0 Å². The van der Waals surface area contributed by atoms with E-state index in [2.05, 4.69) is 25.8 Å². The first kappa shape index (κ1) is 20.5. The Hall–Kier alpha value is -2.80. The third kappa shape index (κ3) is 4.21. The zero-order valence-corrected chi connectivity index (χ0v) is 18.5. The molecule has 0 saturated carbocycles. The van der Waals surface area contributed by atoms with Crippen molar-refractivity contribution < 1.29 is 9.18 Å². The summed E-state index contributed by atoms with van der Waals surface area (Å²) in [6.07, 6.45) is 0. The molecule has 1 aliphatic rings. The fourth-order valence-electron chi connectivity index (χ4n) is 3.57. The second kappa shape index (κ2) is 8.52. The van der Waals surface area contributed by atoms with Crippen molar-refractivity contribution >= 4 is 27.7 Å². The average Bonchev–Trinajstić information content (AvgIpc) is 2.76. The van der Waals surface area contributed by atoms with E-state index in [1.807, 2.05) is 49.1 Å². The minimum absolute atomic E-state index is 0.0400. The topological polar surface area (TPSA) is 49.3 Å². The summed E-state index contributed by atoms with van der Waals surface area (Å²) in [4.78, 5) is 26.1. The van der Waals surface area contributed by atoms with Gasteiger partial charge in [-0.2, -0.15) is 0 Å². The van der Waals surface area contributed by atoms with Crippen molar-refractivity contribution in [2.75, 3.05) is 31.1 Å². The number of carbonyl (C=O) groups excluding carboxylic acids is 1. The number of hydrogen-bond acceptors (Lipinski definition) is 4. The van der Waals surface area contributed by atoms with Crippen LogP contribution in [0.2, 0.25) is 0 Å². The molecule has 0 spiro atoms. The van der Waals surface area contributed by atoms with E-state index < -0.39 is 0 Å². The summed E-state index contributed by atoms with van der Waals surface area (Å²) in [5.41, 5.74) is 3.22. The van der Waals surface area contributed by atoms with Crippen LogP contribution in [0.5, 0.6) is 0 Å². The second-order valence-corrected chi connectivity index (χ2v) is 8.29. The van der Waals surface area contributed by atoms with Gasteiger partial charge in [-0.05, 0) is 50.2 Å². The molecule has 2 heterocycles. The van der Waals surface area contributed by atoms with Crippen LogP contribution in [-0.2, 0) is 0 Å². The van der Waals surface area contributed by atoms with E-state index in [0.29, 0.717) is 43.1 Å². The molecule has 4 rings (SSSR count). The van der Waals surface area contributed by atoms with E-state index >= 15 is 0 Å². The molecule has 30 heavy (non-hydrogen) atoms. The van der Waals surface area contributed by atoms with Crippen molar-refractivity contribution in [2.45, 2.75) is 13.8 Å². The Morgan fingerprint density at radius 2 is 1.70 bits per heavy atom. The maximum Gasteiger partial charge on any atom is 0.253 e. The molecular formula is C23H22BrFN4O. The van der Waals surface area contributed by atoms with Gasteiger partial charge in [0.15, 0.2) is 5.82 Å². The molecule has 2 aromatic carbocycles. The predicted octanol–water partition coefficient (Wildman–Crippen LogP) is 4.62. The molecule has 0 bridgehead atoms. The highest BCUT2D eigenvalue weighted by atomic mass is 79.9. The van der Waals surface area contributed by atoms with Crippen LogP contribution >= 0.6 is 15.9 Å². The third-order valence-electron chi connectivity index (χ3n) is 5.40. The standard InChI is InChI=1S/C23H22BrFN4O/c1-15-16(2)26-21(18-4-3-5-20(25)14-18)27-22(15)28-10-12-29(13-11-28)23(30)17-6-8-19(24)9-7-17/h3-9,14H,10-13H2,1-2H3. The van der Waals surface area contributed by atoms with Crippen LogP contribution in [0, 0.1) is 19.7 Å². The highest BCUT2D eigenvalue weighted by Crippen LogP contribution is 2.26. The third-order valence-corrected chi connectivity index (χ3v) is 5.93. The van der Waals surface area contributed by atoms with Crippen molar-refractivity contribution in [2.24, 2.45) is 0 Å². The minimum Gasteiger partial charge on any atom is -0.353 e. The lowest BCUT2D eigenvalue weighted by molar-refractivity contribution is 0.0746. The number of carbonyl (C=O) groups is 1. The molecular weight excluding hydrogens is 447 g/mol. The average molecular weight is 469 g/mol. The molecule has 0 aliphatic carbocycles. The largest absolute Gasteiger partial charge is 0.353 e. The Kier molecular flexibility index (Phi) is 5.81. The molecule has 0 radical (unpaired) electrons. The maximum absolute atomic E-state index is 13.7.